The first-order valence-corrected chi connectivity index (χ1v) is 9.10. The number of para-hydroxylation sites is 1. The van der Waals surface area contributed by atoms with Crippen molar-refractivity contribution in [3.8, 4) is 23.3 Å². The molecule has 1 heterocycles. The van der Waals surface area contributed by atoms with E-state index in [1.54, 1.807) is 36.4 Å². The third-order valence-electron chi connectivity index (χ3n) is 4.00. The molecule has 0 amide bonds. The molecule has 0 aliphatic carbocycles. The number of aromatic nitrogens is 2. The van der Waals surface area contributed by atoms with Gasteiger partial charge in [0.1, 0.15) is 23.9 Å². The second-order valence-electron chi connectivity index (χ2n) is 6.02. The molecular weight excluding hydrogens is 409 g/mol. The molecule has 0 radical (unpaired) electrons. The number of nitrogens with one attached hydrogen (secondary N) is 1. The lowest BCUT2D eigenvalue weighted by molar-refractivity contribution is 0.301. The van der Waals surface area contributed by atoms with Crippen molar-refractivity contribution in [3.63, 3.8) is 0 Å². The third kappa shape index (κ3) is 4.80. The van der Waals surface area contributed by atoms with Gasteiger partial charge in [-0.2, -0.15) is 10.4 Å². The van der Waals surface area contributed by atoms with E-state index in [9.17, 15) is 0 Å². The van der Waals surface area contributed by atoms with Crippen molar-refractivity contribution in [2.24, 2.45) is 0 Å². The van der Waals surface area contributed by atoms with Gasteiger partial charge in [-0.25, -0.2) is 0 Å². The summed E-state index contributed by atoms with van der Waals surface area (Å²) in [7, 11) is 0. The highest BCUT2D eigenvalue weighted by Crippen LogP contribution is 2.32. The van der Waals surface area contributed by atoms with Crippen LogP contribution in [0.1, 0.15) is 18.7 Å². The molecule has 0 atom stereocenters. The molecule has 1 aromatic heterocycles. The largest absolute Gasteiger partial charge is 0.487 e. The fourth-order valence-corrected chi connectivity index (χ4v) is 3.22. The third-order valence-corrected chi connectivity index (χ3v) is 4.44. The first-order valence-electron chi connectivity index (χ1n) is 8.34. The second kappa shape index (κ2) is 8.87. The van der Waals surface area contributed by atoms with E-state index in [4.69, 9.17) is 37.9 Å². The van der Waals surface area contributed by atoms with Crippen LogP contribution in [0, 0.1) is 11.3 Å². The summed E-state index contributed by atoms with van der Waals surface area (Å²) in [6, 6.07) is 19.7. The number of nitriles is 1. The van der Waals surface area contributed by atoms with Crippen LogP contribution < -0.4 is 9.47 Å². The molecule has 1 N–H and O–H groups in total. The van der Waals surface area contributed by atoms with Gasteiger partial charge in [0, 0.05) is 21.5 Å². The molecule has 0 bridgehead atoms. The van der Waals surface area contributed by atoms with Crippen molar-refractivity contribution in [2.75, 3.05) is 0 Å². The van der Waals surface area contributed by atoms with Gasteiger partial charge in [0.15, 0.2) is 0 Å². The molecule has 7 heteroatoms. The Morgan fingerprint density at radius 2 is 1.62 bits per heavy atom. The number of halogens is 2. The molecule has 0 saturated heterocycles. The number of rotatable bonds is 5. The first-order chi connectivity index (χ1) is 13.6. The number of fused-ring (bicyclic) bond motifs is 1. The monoisotopic (exact) mass is 425 g/mol. The highest BCUT2D eigenvalue weighted by molar-refractivity contribution is 6.31. The van der Waals surface area contributed by atoms with E-state index in [1.807, 2.05) is 30.3 Å². The first kappa shape index (κ1) is 20.5. The van der Waals surface area contributed by atoms with Crippen molar-refractivity contribution in [2.45, 2.75) is 14.0 Å². The molecule has 0 aliphatic rings. The molecule has 29 heavy (non-hydrogen) atoms. The number of benzene rings is 3. The lowest BCUT2D eigenvalue weighted by Gasteiger charge is -2.10. The van der Waals surface area contributed by atoms with Crippen LogP contribution in [0.5, 0.6) is 17.2 Å². The van der Waals surface area contributed by atoms with E-state index in [2.05, 4.69) is 10.2 Å². The van der Waals surface area contributed by atoms with Gasteiger partial charge in [-0.3, -0.25) is 5.10 Å². The number of nitrogens with zero attached hydrogens (tertiary/aromatic N) is 2. The van der Waals surface area contributed by atoms with Crippen LogP contribution in [-0.4, -0.2) is 10.2 Å². The van der Waals surface area contributed by atoms with Crippen molar-refractivity contribution < 1.29 is 9.47 Å². The van der Waals surface area contributed by atoms with Gasteiger partial charge in [0.2, 0.25) is 0 Å². The molecule has 5 nitrogen and oxygen atoms in total. The minimum atomic E-state index is 0. The Hall–Kier alpha value is -3.20. The van der Waals surface area contributed by atoms with Gasteiger partial charge in [-0.05, 0) is 36.4 Å². The number of hydrogen-bond donors (Lipinski definition) is 1. The second-order valence-corrected chi connectivity index (χ2v) is 6.89. The Morgan fingerprint density at radius 3 is 2.41 bits per heavy atom. The number of H-pyrrole nitrogens is 1. The Morgan fingerprint density at radius 1 is 0.931 bits per heavy atom. The average Bonchev–Trinajstić information content (AvgIpc) is 3.08. The van der Waals surface area contributed by atoms with E-state index >= 15 is 0 Å². The summed E-state index contributed by atoms with van der Waals surface area (Å²) in [6.07, 6.45) is 0. The van der Waals surface area contributed by atoms with Crippen molar-refractivity contribution in [1.29, 1.82) is 5.26 Å². The summed E-state index contributed by atoms with van der Waals surface area (Å²) in [4.78, 5) is 0. The maximum atomic E-state index is 9.06. The predicted molar refractivity (Wildman–Crippen MR) is 115 cm³/mol. The van der Waals surface area contributed by atoms with E-state index in [0.717, 1.165) is 16.6 Å². The molecule has 0 unspecified atom stereocenters. The average molecular weight is 426 g/mol. The van der Waals surface area contributed by atoms with Crippen molar-refractivity contribution in [3.05, 3.63) is 82.0 Å². The fraction of sp³-hybridized carbons (Fsp3) is 0.0909. The van der Waals surface area contributed by atoms with Crippen LogP contribution in [0.25, 0.3) is 10.9 Å². The van der Waals surface area contributed by atoms with Crippen LogP contribution in [-0.2, 0) is 6.61 Å². The van der Waals surface area contributed by atoms with Crippen LogP contribution in [0.2, 0.25) is 10.0 Å². The molecule has 0 aliphatic heterocycles. The molecule has 0 spiro atoms. The SMILES string of the molecule is C.N#Cc1cc(Cl)cc(Oc2cc(Cl)cc(OCc3[nH]nc4ccccc34)c2)c1. The van der Waals surface area contributed by atoms with E-state index < -0.39 is 0 Å². The normalized spacial score (nSPS) is 10.2. The Kier molecular flexibility index (Phi) is 6.28. The van der Waals surface area contributed by atoms with E-state index in [-0.39, 0.29) is 7.43 Å². The highest BCUT2D eigenvalue weighted by atomic mass is 35.5. The fourth-order valence-electron chi connectivity index (χ4n) is 2.78. The van der Waals surface area contributed by atoms with Gasteiger partial charge < -0.3 is 9.47 Å². The highest BCUT2D eigenvalue weighted by Gasteiger charge is 2.08. The summed E-state index contributed by atoms with van der Waals surface area (Å²) in [5, 5.41) is 18.2. The van der Waals surface area contributed by atoms with E-state index in [1.165, 1.54) is 0 Å². The molecular formula is C22H17Cl2N3O2. The lowest BCUT2D eigenvalue weighted by atomic mass is 10.2. The minimum absolute atomic E-state index is 0. The van der Waals surface area contributed by atoms with Crippen molar-refractivity contribution >= 4 is 34.1 Å². The quantitative estimate of drug-likeness (QED) is 0.383. The number of aromatic amines is 1. The van der Waals surface area contributed by atoms with Gasteiger partial charge in [-0.15, -0.1) is 0 Å². The zero-order chi connectivity index (χ0) is 19.5. The number of hydrogen-bond acceptors (Lipinski definition) is 4. The Labute approximate surface area is 178 Å². The molecule has 4 aromatic rings. The van der Waals surface area contributed by atoms with Crippen LogP contribution in [0.4, 0.5) is 0 Å². The maximum Gasteiger partial charge on any atom is 0.132 e. The summed E-state index contributed by atoms with van der Waals surface area (Å²) in [5.74, 6) is 1.46. The lowest BCUT2D eigenvalue weighted by Crippen LogP contribution is -1.97. The predicted octanol–water partition coefficient (Wildman–Crippen LogP) is 6.75. The van der Waals surface area contributed by atoms with Crippen LogP contribution in [0.3, 0.4) is 0 Å². The van der Waals surface area contributed by atoms with Gasteiger partial charge in [0.25, 0.3) is 0 Å². The van der Waals surface area contributed by atoms with Crippen LogP contribution in [0.15, 0.2) is 60.7 Å². The minimum Gasteiger partial charge on any atom is -0.487 e. The van der Waals surface area contributed by atoms with Gasteiger partial charge >= 0.3 is 0 Å². The zero-order valence-corrected chi connectivity index (χ0v) is 16.0. The molecule has 146 valence electrons. The van der Waals surface area contributed by atoms with E-state index in [0.29, 0.717) is 39.5 Å². The Balaban J connectivity index is 0.00000240. The van der Waals surface area contributed by atoms with Crippen LogP contribution >= 0.6 is 23.2 Å². The molecule has 0 saturated carbocycles. The standard InChI is InChI=1S/C21H13Cl2N3O2.CH4/c22-14-5-13(11-24)6-17(8-14)28-18-9-15(23)7-16(10-18)27-12-21-19-3-1-2-4-20(19)25-26-21;/h1-10H,12H2,(H,25,26);1H4. The van der Waals surface area contributed by atoms with Gasteiger partial charge in [0.05, 0.1) is 22.8 Å². The summed E-state index contributed by atoms with van der Waals surface area (Å²) in [6.45, 7) is 0.302. The molecule has 4 rings (SSSR count). The maximum absolute atomic E-state index is 9.06. The smallest absolute Gasteiger partial charge is 0.132 e. The molecule has 0 fully saturated rings. The number of ether oxygens (including phenoxy) is 2. The summed E-state index contributed by atoms with van der Waals surface area (Å²) >= 11 is 12.2. The van der Waals surface area contributed by atoms with Gasteiger partial charge in [-0.1, -0.05) is 48.8 Å². The summed E-state index contributed by atoms with van der Waals surface area (Å²) in [5.41, 5.74) is 2.16. The molecule has 3 aromatic carbocycles. The summed E-state index contributed by atoms with van der Waals surface area (Å²) < 4.78 is 11.7. The zero-order valence-electron chi connectivity index (χ0n) is 14.4. The van der Waals surface area contributed by atoms with Crippen molar-refractivity contribution in [1.82, 2.24) is 10.2 Å². The Bertz CT molecular complexity index is 1200. The topological polar surface area (TPSA) is 70.9 Å².